The van der Waals surface area contributed by atoms with Crippen molar-refractivity contribution in [3.63, 3.8) is 0 Å². The summed E-state index contributed by atoms with van der Waals surface area (Å²) < 4.78 is 26.9. The van der Waals surface area contributed by atoms with E-state index >= 15 is 0 Å². The fourth-order valence-electron chi connectivity index (χ4n) is 2.18. The summed E-state index contributed by atoms with van der Waals surface area (Å²) in [5.41, 5.74) is 1.33. The number of Topliss-reactive ketones (excluding diaryl/α,β-unsaturated/α-hetero) is 1. The predicted octanol–water partition coefficient (Wildman–Crippen LogP) is 3.10. The molecule has 116 valence electrons. The van der Waals surface area contributed by atoms with Crippen molar-refractivity contribution >= 4 is 15.8 Å². The summed E-state index contributed by atoms with van der Waals surface area (Å²) in [5.74, 6) is -0.150. The highest BCUT2D eigenvalue weighted by molar-refractivity contribution is 7.89. The van der Waals surface area contributed by atoms with Crippen molar-refractivity contribution in [1.29, 1.82) is 0 Å². The van der Waals surface area contributed by atoms with Crippen LogP contribution in [-0.2, 0) is 16.6 Å². The van der Waals surface area contributed by atoms with Gasteiger partial charge in [-0.3, -0.25) is 4.79 Å². The number of hydrogen-bond acceptors (Lipinski definition) is 3. The first kappa shape index (κ1) is 16.4. The maximum Gasteiger partial charge on any atom is 0.243 e. The van der Waals surface area contributed by atoms with Crippen molar-refractivity contribution < 1.29 is 13.2 Å². The maximum absolute atomic E-state index is 12.8. The molecule has 0 saturated carbocycles. The zero-order valence-electron chi connectivity index (χ0n) is 12.7. The summed E-state index contributed by atoms with van der Waals surface area (Å²) in [6.45, 7) is 3.90. The summed E-state index contributed by atoms with van der Waals surface area (Å²) in [6.07, 6.45) is 0. The number of carbonyl (C=O) groups excluding carboxylic acids is 1. The molecule has 5 heteroatoms. The second-order valence-electron chi connectivity index (χ2n) is 5.00. The third-order valence-corrected chi connectivity index (χ3v) is 5.35. The van der Waals surface area contributed by atoms with Gasteiger partial charge in [0.2, 0.25) is 10.0 Å². The second-order valence-corrected chi connectivity index (χ2v) is 6.94. The Morgan fingerprint density at radius 2 is 1.73 bits per heavy atom. The van der Waals surface area contributed by atoms with Gasteiger partial charge in [-0.2, -0.15) is 4.31 Å². The molecule has 0 radical (unpaired) electrons. The minimum atomic E-state index is -3.62. The van der Waals surface area contributed by atoms with Crippen molar-refractivity contribution in [3.05, 3.63) is 65.7 Å². The van der Waals surface area contributed by atoms with Crippen LogP contribution in [0.25, 0.3) is 0 Å². The van der Waals surface area contributed by atoms with Crippen molar-refractivity contribution in [1.82, 2.24) is 4.31 Å². The van der Waals surface area contributed by atoms with Gasteiger partial charge in [-0.05, 0) is 24.6 Å². The number of nitrogens with zero attached hydrogens (tertiary/aromatic N) is 1. The van der Waals surface area contributed by atoms with Crippen molar-refractivity contribution in [3.8, 4) is 0 Å². The van der Waals surface area contributed by atoms with Crippen LogP contribution in [0.2, 0.25) is 0 Å². The Kier molecular flexibility index (Phi) is 5.11. The number of rotatable bonds is 6. The van der Waals surface area contributed by atoms with Crippen LogP contribution in [-0.4, -0.2) is 25.1 Å². The Morgan fingerprint density at radius 1 is 1.05 bits per heavy atom. The minimum Gasteiger partial charge on any atom is -0.295 e. The van der Waals surface area contributed by atoms with E-state index in [9.17, 15) is 13.2 Å². The average molecular weight is 317 g/mol. The lowest BCUT2D eigenvalue weighted by molar-refractivity contribution is 0.101. The van der Waals surface area contributed by atoms with Crippen LogP contribution in [0.1, 0.15) is 29.8 Å². The normalized spacial score (nSPS) is 11.6. The van der Waals surface area contributed by atoms with Gasteiger partial charge in [0.05, 0.1) is 4.90 Å². The monoisotopic (exact) mass is 317 g/mol. The van der Waals surface area contributed by atoms with E-state index in [4.69, 9.17) is 0 Å². The molecule has 0 aliphatic carbocycles. The van der Waals surface area contributed by atoms with Crippen molar-refractivity contribution in [2.24, 2.45) is 0 Å². The van der Waals surface area contributed by atoms with E-state index in [1.54, 1.807) is 19.1 Å². The minimum absolute atomic E-state index is 0.150. The van der Waals surface area contributed by atoms with Gasteiger partial charge in [0.25, 0.3) is 0 Å². The first-order valence-electron chi connectivity index (χ1n) is 7.10. The molecule has 0 bridgehead atoms. The Bertz CT molecular complexity index is 754. The van der Waals surface area contributed by atoms with Gasteiger partial charge < -0.3 is 0 Å². The van der Waals surface area contributed by atoms with Crippen LogP contribution >= 0.6 is 0 Å². The van der Waals surface area contributed by atoms with Gasteiger partial charge in [0, 0.05) is 18.7 Å². The van der Waals surface area contributed by atoms with E-state index in [-0.39, 0.29) is 10.7 Å². The summed E-state index contributed by atoms with van der Waals surface area (Å²) in [6, 6.07) is 15.6. The number of benzene rings is 2. The van der Waals surface area contributed by atoms with Crippen LogP contribution in [0.4, 0.5) is 0 Å². The fourth-order valence-corrected chi connectivity index (χ4v) is 3.66. The summed E-state index contributed by atoms with van der Waals surface area (Å²) in [7, 11) is -3.62. The fraction of sp³-hybridized carbons (Fsp3) is 0.235. The highest BCUT2D eigenvalue weighted by Crippen LogP contribution is 2.19. The summed E-state index contributed by atoms with van der Waals surface area (Å²) in [4.78, 5) is 11.6. The highest BCUT2D eigenvalue weighted by atomic mass is 32.2. The van der Waals surface area contributed by atoms with E-state index in [1.165, 1.54) is 23.4 Å². The number of ketones is 1. The van der Waals surface area contributed by atoms with E-state index in [1.807, 2.05) is 30.3 Å². The Morgan fingerprint density at radius 3 is 2.32 bits per heavy atom. The Labute approximate surface area is 131 Å². The quantitative estimate of drug-likeness (QED) is 0.769. The van der Waals surface area contributed by atoms with Crippen LogP contribution in [0, 0.1) is 0 Å². The van der Waals surface area contributed by atoms with Crippen LogP contribution in [0.5, 0.6) is 0 Å². The lowest BCUT2D eigenvalue weighted by Crippen LogP contribution is -2.30. The number of hydrogen-bond donors (Lipinski definition) is 0. The van der Waals surface area contributed by atoms with Crippen LogP contribution in [0.3, 0.4) is 0 Å². The predicted molar refractivity (Wildman–Crippen MR) is 86.2 cm³/mol. The second kappa shape index (κ2) is 6.85. The molecule has 0 heterocycles. The SMILES string of the molecule is CCN(Cc1ccccc1)S(=O)(=O)c1cccc(C(C)=O)c1. The Balaban J connectivity index is 2.34. The average Bonchev–Trinajstić information content (AvgIpc) is 2.53. The smallest absolute Gasteiger partial charge is 0.243 e. The topological polar surface area (TPSA) is 54.5 Å². The van der Waals surface area contributed by atoms with Crippen LogP contribution < -0.4 is 0 Å². The Hall–Kier alpha value is -1.98. The molecule has 0 spiro atoms. The molecule has 0 atom stereocenters. The van der Waals surface area contributed by atoms with E-state index in [0.29, 0.717) is 18.7 Å². The molecule has 0 fully saturated rings. The first-order valence-corrected chi connectivity index (χ1v) is 8.54. The largest absolute Gasteiger partial charge is 0.295 e. The van der Waals surface area contributed by atoms with E-state index in [2.05, 4.69) is 0 Å². The molecule has 0 amide bonds. The summed E-state index contributed by atoms with van der Waals surface area (Å²) in [5, 5.41) is 0. The van der Waals surface area contributed by atoms with Gasteiger partial charge in [-0.25, -0.2) is 8.42 Å². The molecule has 2 rings (SSSR count). The van der Waals surface area contributed by atoms with Gasteiger partial charge in [0.15, 0.2) is 5.78 Å². The molecule has 0 unspecified atom stereocenters. The lowest BCUT2D eigenvalue weighted by atomic mass is 10.2. The van der Waals surface area contributed by atoms with Crippen molar-refractivity contribution in [2.45, 2.75) is 25.3 Å². The molecule has 2 aromatic carbocycles. The van der Waals surface area contributed by atoms with Crippen molar-refractivity contribution in [2.75, 3.05) is 6.54 Å². The van der Waals surface area contributed by atoms with E-state index < -0.39 is 10.0 Å². The molecule has 0 aromatic heterocycles. The molecule has 4 nitrogen and oxygen atoms in total. The highest BCUT2D eigenvalue weighted by Gasteiger charge is 2.23. The first-order chi connectivity index (χ1) is 10.4. The zero-order chi connectivity index (χ0) is 16.2. The molecule has 2 aromatic rings. The third kappa shape index (κ3) is 3.61. The zero-order valence-corrected chi connectivity index (χ0v) is 13.5. The van der Waals surface area contributed by atoms with Gasteiger partial charge >= 0.3 is 0 Å². The molecule has 22 heavy (non-hydrogen) atoms. The maximum atomic E-state index is 12.8. The number of carbonyl (C=O) groups is 1. The third-order valence-electron chi connectivity index (χ3n) is 3.43. The van der Waals surface area contributed by atoms with Crippen LogP contribution in [0.15, 0.2) is 59.5 Å². The molecule has 0 N–H and O–H groups in total. The molecule has 0 aliphatic heterocycles. The molecular formula is C17H19NO3S. The van der Waals surface area contributed by atoms with E-state index in [0.717, 1.165) is 5.56 Å². The molecular weight excluding hydrogens is 298 g/mol. The van der Waals surface area contributed by atoms with Gasteiger partial charge in [-0.15, -0.1) is 0 Å². The summed E-state index contributed by atoms with van der Waals surface area (Å²) >= 11 is 0. The molecule has 0 aliphatic rings. The van der Waals surface area contributed by atoms with Gasteiger partial charge in [-0.1, -0.05) is 49.4 Å². The standard InChI is InChI=1S/C17H19NO3S/c1-3-18(13-15-8-5-4-6-9-15)22(20,21)17-11-7-10-16(12-17)14(2)19/h4-12H,3,13H2,1-2H3. The molecule has 0 saturated heterocycles. The number of sulfonamides is 1. The lowest BCUT2D eigenvalue weighted by Gasteiger charge is -2.21. The van der Waals surface area contributed by atoms with Gasteiger partial charge in [0.1, 0.15) is 0 Å².